The molecule has 0 bridgehead atoms. The Morgan fingerprint density at radius 3 is 2.29 bits per heavy atom. The Hall–Kier alpha value is -1.75. The number of hydrogen-bond acceptors (Lipinski definition) is 5. The van der Waals surface area contributed by atoms with Crippen molar-refractivity contribution in [3.8, 4) is 5.75 Å². The normalized spacial score (nSPS) is 27.6. The van der Waals surface area contributed by atoms with Crippen LogP contribution >= 0.6 is 11.6 Å². The van der Waals surface area contributed by atoms with Crippen molar-refractivity contribution in [1.29, 1.82) is 0 Å². The van der Waals surface area contributed by atoms with Crippen molar-refractivity contribution in [1.82, 2.24) is 4.31 Å². The zero-order valence-electron chi connectivity index (χ0n) is 18.2. The Labute approximate surface area is 202 Å². The standard InChI is InChI=1S/C23H24ClF2NO5S2/c24-16-3-5-17(6-4-16)33(28,29)23-10-9-18(34(30,31)27-11-1-2-12-27)13-15(23)14-32-22-20(26)8-7-19(25)21(22)23/h3-8,15,18H,1-2,9-14H2/t15-,18-,23+/m1/s1. The van der Waals surface area contributed by atoms with Gasteiger partial charge in [0.1, 0.15) is 10.6 Å². The Bertz CT molecular complexity index is 1330. The molecule has 2 aromatic carbocycles. The maximum Gasteiger partial charge on any atom is 0.216 e. The van der Waals surface area contributed by atoms with Crippen LogP contribution in [-0.4, -0.2) is 46.1 Å². The summed E-state index contributed by atoms with van der Waals surface area (Å²) >= 11 is 5.95. The number of nitrogens with zero attached hydrogens (tertiary/aromatic N) is 1. The lowest BCUT2D eigenvalue weighted by molar-refractivity contribution is 0.125. The van der Waals surface area contributed by atoms with Crippen LogP contribution in [0.4, 0.5) is 8.78 Å². The Balaban J connectivity index is 1.66. The summed E-state index contributed by atoms with van der Waals surface area (Å²) in [6.07, 6.45) is 1.38. The van der Waals surface area contributed by atoms with Gasteiger partial charge < -0.3 is 4.74 Å². The highest BCUT2D eigenvalue weighted by molar-refractivity contribution is 7.92. The first kappa shape index (κ1) is 24.0. The van der Waals surface area contributed by atoms with Crippen LogP contribution in [0.25, 0.3) is 0 Å². The summed E-state index contributed by atoms with van der Waals surface area (Å²) in [5.41, 5.74) is -0.351. The predicted molar refractivity (Wildman–Crippen MR) is 123 cm³/mol. The fourth-order valence-electron chi connectivity index (χ4n) is 5.73. The number of halogens is 3. The third kappa shape index (κ3) is 3.48. The van der Waals surface area contributed by atoms with Gasteiger partial charge in [-0.05, 0) is 68.5 Å². The van der Waals surface area contributed by atoms with E-state index in [0.29, 0.717) is 18.1 Å². The first-order chi connectivity index (χ1) is 16.1. The van der Waals surface area contributed by atoms with Gasteiger partial charge >= 0.3 is 0 Å². The molecule has 3 atom stereocenters. The molecule has 0 unspecified atom stereocenters. The van der Waals surface area contributed by atoms with Crippen LogP contribution < -0.4 is 4.74 Å². The number of ether oxygens (including phenoxy) is 1. The van der Waals surface area contributed by atoms with E-state index in [1.807, 2.05) is 0 Å². The fraction of sp³-hybridized carbons (Fsp3) is 0.478. The third-order valence-corrected chi connectivity index (χ3v) is 12.6. The number of benzene rings is 2. The van der Waals surface area contributed by atoms with E-state index in [9.17, 15) is 21.2 Å². The maximum absolute atomic E-state index is 15.3. The lowest BCUT2D eigenvalue weighted by atomic mass is 9.73. The molecule has 1 saturated heterocycles. The summed E-state index contributed by atoms with van der Waals surface area (Å²) in [6.45, 7) is 0.653. The largest absolute Gasteiger partial charge is 0.490 e. The minimum absolute atomic E-state index is 0.0115. The molecule has 0 aromatic heterocycles. The minimum Gasteiger partial charge on any atom is -0.490 e. The molecule has 1 saturated carbocycles. The van der Waals surface area contributed by atoms with Gasteiger partial charge in [0, 0.05) is 24.0 Å². The lowest BCUT2D eigenvalue weighted by Crippen LogP contribution is -2.55. The fourth-order valence-corrected chi connectivity index (χ4v) is 10.3. The van der Waals surface area contributed by atoms with Gasteiger partial charge in [0.15, 0.2) is 21.4 Å². The molecule has 3 aliphatic rings. The van der Waals surface area contributed by atoms with E-state index in [2.05, 4.69) is 0 Å². The summed E-state index contributed by atoms with van der Waals surface area (Å²) in [5, 5.41) is -0.482. The van der Waals surface area contributed by atoms with Crippen molar-refractivity contribution in [3.05, 3.63) is 58.6 Å². The van der Waals surface area contributed by atoms with Gasteiger partial charge in [0.25, 0.3) is 0 Å². The molecule has 2 aliphatic heterocycles. The first-order valence-electron chi connectivity index (χ1n) is 11.2. The van der Waals surface area contributed by atoms with E-state index in [1.165, 1.54) is 28.6 Å². The monoisotopic (exact) mass is 531 g/mol. The van der Waals surface area contributed by atoms with Crippen molar-refractivity contribution in [2.75, 3.05) is 19.7 Å². The molecule has 2 aromatic rings. The molecule has 2 fully saturated rings. The van der Waals surface area contributed by atoms with Crippen molar-refractivity contribution in [2.45, 2.75) is 47.0 Å². The van der Waals surface area contributed by atoms with Gasteiger partial charge in [-0.3, -0.25) is 0 Å². The zero-order chi connectivity index (χ0) is 24.3. The number of hydrogen-bond donors (Lipinski definition) is 0. The average Bonchev–Trinajstić information content (AvgIpc) is 3.37. The van der Waals surface area contributed by atoms with Crippen LogP contribution in [0.1, 0.15) is 37.7 Å². The predicted octanol–water partition coefficient (Wildman–Crippen LogP) is 4.27. The van der Waals surface area contributed by atoms with E-state index >= 15 is 4.39 Å². The molecule has 184 valence electrons. The molecule has 6 nitrogen and oxygen atoms in total. The Morgan fingerprint density at radius 2 is 1.62 bits per heavy atom. The molecule has 0 radical (unpaired) electrons. The van der Waals surface area contributed by atoms with E-state index < -0.39 is 53.2 Å². The van der Waals surface area contributed by atoms with Crippen LogP contribution in [0.3, 0.4) is 0 Å². The molecular formula is C23H24ClF2NO5S2. The van der Waals surface area contributed by atoms with Gasteiger partial charge in [-0.1, -0.05) is 11.6 Å². The number of sulfonamides is 1. The quantitative estimate of drug-likeness (QED) is 0.588. The van der Waals surface area contributed by atoms with E-state index in [0.717, 1.165) is 25.0 Å². The summed E-state index contributed by atoms with van der Waals surface area (Å²) < 4.78 is 90.0. The molecule has 34 heavy (non-hydrogen) atoms. The SMILES string of the molecule is O=S(=O)([C@@H]1CC[C@@]2(S(=O)(=O)c3ccc(Cl)cc3)c3c(F)ccc(F)c3OC[C@H]2C1)N1CCCC1. The third-order valence-electron chi connectivity index (χ3n) is 7.41. The molecule has 2 heterocycles. The molecule has 0 N–H and O–H groups in total. The zero-order valence-corrected chi connectivity index (χ0v) is 20.6. The summed E-state index contributed by atoms with van der Waals surface area (Å²) in [5.74, 6) is -3.05. The van der Waals surface area contributed by atoms with Crippen LogP contribution in [0.5, 0.6) is 5.75 Å². The van der Waals surface area contributed by atoms with Gasteiger partial charge in [0.05, 0.1) is 22.3 Å². The Morgan fingerprint density at radius 1 is 0.971 bits per heavy atom. The first-order valence-corrected chi connectivity index (χ1v) is 14.6. The molecule has 5 rings (SSSR count). The van der Waals surface area contributed by atoms with Crippen molar-refractivity contribution < 1.29 is 30.4 Å². The summed E-state index contributed by atoms with van der Waals surface area (Å²) in [7, 11) is -7.95. The smallest absolute Gasteiger partial charge is 0.216 e. The van der Waals surface area contributed by atoms with E-state index in [-0.39, 0.29) is 36.3 Å². The van der Waals surface area contributed by atoms with Crippen molar-refractivity contribution in [2.24, 2.45) is 5.92 Å². The molecular weight excluding hydrogens is 508 g/mol. The highest BCUT2D eigenvalue weighted by atomic mass is 35.5. The van der Waals surface area contributed by atoms with Gasteiger partial charge in [-0.25, -0.2) is 29.9 Å². The van der Waals surface area contributed by atoms with Gasteiger partial charge in [0.2, 0.25) is 10.0 Å². The lowest BCUT2D eigenvalue weighted by Gasteiger charge is -2.49. The number of fused-ring (bicyclic) bond motifs is 3. The molecule has 0 spiro atoms. The summed E-state index contributed by atoms with van der Waals surface area (Å²) in [6, 6.07) is 7.32. The maximum atomic E-state index is 15.3. The van der Waals surface area contributed by atoms with Crippen LogP contribution in [-0.2, 0) is 24.6 Å². The van der Waals surface area contributed by atoms with E-state index in [4.69, 9.17) is 16.3 Å². The van der Waals surface area contributed by atoms with Crippen LogP contribution in [0, 0.1) is 17.6 Å². The summed E-state index contributed by atoms with van der Waals surface area (Å²) in [4.78, 5) is -0.0840. The second-order valence-corrected chi connectivity index (χ2v) is 14.0. The van der Waals surface area contributed by atoms with Crippen LogP contribution in [0.15, 0.2) is 41.3 Å². The highest BCUT2D eigenvalue weighted by Crippen LogP contribution is 2.57. The minimum atomic E-state index is -4.29. The Kier molecular flexibility index (Phi) is 5.94. The number of rotatable bonds is 4. The van der Waals surface area contributed by atoms with Gasteiger partial charge in [-0.2, -0.15) is 0 Å². The average molecular weight is 532 g/mol. The second-order valence-electron chi connectivity index (χ2n) is 9.14. The highest BCUT2D eigenvalue weighted by Gasteiger charge is 2.61. The molecule has 1 aliphatic carbocycles. The van der Waals surface area contributed by atoms with Gasteiger partial charge in [-0.15, -0.1) is 0 Å². The molecule has 11 heteroatoms. The molecule has 0 amide bonds. The topological polar surface area (TPSA) is 80.8 Å². The number of sulfone groups is 1. The van der Waals surface area contributed by atoms with Crippen molar-refractivity contribution >= 4 is 31.5 Å². The van der Waals surface area contributed by atoms with Crippen LogP contribution in [0.2, 0.25) is 5.02 Å². The van der Waals surface area contributed by atoms with E-state index in [1.54, 1.807) is 0 Å². The second kappa shape index (κ2) is 8.43. The van der Waals surface area contributed by atoms with Crippen molar-refractivity contribution in [3.63, 3.8) is 0 Å².